The van der Waals surface area contributed by atoms with Crippen LogP contribution in [0.1, 0.15) is 79.9 Å². The summed E-state index contributed by atoms with van der Waals surface area (Å²) in [7, 11) is 0. The van der Waals surface area contributed by atoms with E-state index in [0.29, 0.717) is 5.89 Å². The summed E-state index contributed by atoms with van der Waals surface area (Å²) < 4.78 is 14.6. The van der Waals surface area contributed by atoms with Crippen LogP contribution in [0.25, 0.3) is 0 Å². The number of hydrogen-bond acceptors (Lipinski definition) is 8. The second kappa shape index (κ2) is 8.92. The van der Waals surface area contributed by atoms with E-state index in [1.807, 2.05) is 41.5 Å². The Hall–Kier alpha value is -2.51. The number of nitrogens with zero attached hydrogens (tertiary/aromatic N) is 5. The van der Waals surface area contributed by atoms with Gasteiger partial charge in [0.1, 0.15) is 6.26 Å². The number of aromatic nitrogens is 5. The minimum absolute atomic E-state index is 0.00694. The van der Waals surface area contributed by atoms with Gasteiger partial charge in [0.15, 0.2) is 11.7 Å². The summed E-state index contributed by atoms with van der Waals surface area (Å²) in [5.41, 5.74) is 0.0347. The van der Waals surface area contributed by atoms with Gasteiger partial charge in [0, 0.05) is 16.2 Å². The Morgan fingerprint density at radius 2 is 1.33 bits per heavy atom. The summed E-state index contributed by atoms with van der Waals surface area (Å²) in [4.78, 5) is 7.93. The molecule has 8 nitrogen and oxygen atoms in total. The van der Waals surface area contributed by atoms with E-state index in [2.05, 4.69) is 50.6 Å². The zero-order valence-electron chi connectivity index (χ0n) is 17.8. The van der Waals surface area contributed by atoms with E-state index in [-0.39, 0.29) is 16.2 Å². The van der Waals surface area contributed by atoms with Gasteiger partial charge in [-0.3, -0.25) is 0 Å². The highest BCUT2D eigenvalue weighted by molar-refractivity contribution is 4.96. The molecule has 3 rings (SSSR count). The molecule has 8 heteroatoms. The monoisotopic (exact) mass is 377 g/mol. The third-order valence-electron chi connectivity index (χ3n) is 3.11. The quantitative estimate of drug-likeness (QED) is 0.555. The van der Waals surface area contributed by atoms with Crippen molar-refractivity contribution in [3.8, 4) is 0 Å². The van der Waals surface area contributed by atoms with Crippen molar-refractivity contribution in [2.75, 3.05) is 0 Å². The second-order valence-corrected chi connectivity index (χ2v) is 9.09. The molecule has 3 aromatic heterocycles. The fourth-order valence-corrected chi connectivity index (χ4v) is 1.59. The normalized spacial score (nSPS) is 11.9. The van der Waals surface area contributed by atoms with Crippen LogP contribution in [-0.4, -0.2) is 25.3 Å². The molecule has 0 fully saturated rings. The molecule has 0 saturated carbocycles. The van der Waals surface area contributed by atoms with Gasteiger partial charge in [0.05, 0.1) is 6.20 Å². The van der Waals surface area contributed by atoms with Crippen molar-refractivity contribution in [2.24, 2.45) is 0 Å². The van der Waals surface area contributed by atoms with Gasteiger partial charge in [0.2, 0.25) is 18.7 Å². The number of hydrogen-bond donors (Lipinski definition) is 0. The minimum atomic E-state index is -0.0174. The Bertz CT molecular complexity index is 624. The highest BCUT2D eigenvalue weighted by Gasteiger charge is 2.19. The largest absolute Gasteiger partial charge is 0.448 e. The molecule has 0 aromatic carbocycles. The molecule has 0 aliphatic heterocycles. The lowest BCUT2D eigenvalue weighted by Gasteiger charge is -2.11. The van der Waals surface area contributed by atoms with Crippen LogP contribution in [0.4, 0.5) is 0 Å². The lowest BCUT2D eigenvalue weighted by molar-refractivity contribution is 0.392. The van der Waals surface area contributed by atoms with Crippen LogP contribution in [0.15, 0.2) is 38.6 Å². The molecular weight excluding hydrogens is 346 g/mol. The predicted octanol–water partition coefficient (Wildman–Crippen LogP) is 4.71. The first-order valence-electron chi connectivity index (χ1n) is 8.75. The Kier molecular flexibility index (Phi) is 7.45. The van der Waals surface area contributed by atoms with Crippen LogP contribution >= 0.6 is 0 Å². The van der Waals surface area contributed by atoms with Crippen LogP contribution < -0.4 is 0 Å². The molecule has 3 aromatic rings. The Balaban J connectivity index is 0.000000202. The molecular formula is C19H31N5O3. The molecule has 0 radical (unpaired) electrons. The fraction of sp³-hybridized carbons (Fsp3) is 0.632. The van der Waals surface area contributed by atoms with Gasteiger partial charge >= 0.3 is 0 Å². The standard InChI is InChI=1S/C7H11NO.2C6H10N2O/c1-7(2,3)6-8-4-5-9-6;1-6(2,3)5-8-7-4-9-5;1-6(2,3)5-7-4-9-8-5/h4-5H,1-3H3;2*4H,1-3H3. The van der Waals surface area contributed by atoms with E-state index in [9.17, 15) is 0 Å². The summed E-state index contributed by atoms with van der Waals surface area (Å²) in [5.74, 6) is 2.23. The molecule has 0 spiro atoms. The first-order valence-corrected chi connectivity index (χ1v) is 8.75. The van der Waals surface area contributed by atoms with Crippen molar-refractivity contribution in [3.05, 3.63) is 42.9 Å². The molecule has 150 valence electrons. The van der Waals surface area contributed by atoms with Gasteiger partial charge < -0.3 is 13.4 Å². The van der Waals surface area contributed by atoms with E-state index < -0.39 is 0 Å². The number of rotatable bonds is 0. The lowest BCUT2D eigenvalue weighted by atomic mass is 9.96. The first kappa shape index (κ1) is 22.5. The lowest BCUT2D eigenvalue weighted by Crippen LogP contribution is -2.12. The third kappa shape index (κ3) is 8.15. The zero-order chi connectivity index (χ0) is 20.7. The Morgan fingerprint density at radius 1 is 0.704 bits per heavy atom. The molecule has 0 aliphatic rings. The van der Waals surface area contributed by atoms with Gasteiger partial charge in [-0.15, -0.1) is 10.2 Å². The smallest absolute Gasteiger partial charge is 0.221 e. The minimum Gasteiger partial charge on any atom is -0.448 e. The molecule has 0 bridgehead atoms. The van der Waals surface area contributed by atoms with Crippen molar-refractivity contribution in [1.29, 1.82) is 0 Å². The summed E-state index contributed by atoms with van der Waals surface area (Å²) in [6, 6.07) is 0. The number of oxazole rings is 1. The van der Waals surface area contributed by atoms with Crippen LogP contribution in [0.2, 0.25) is 0 Å². The summed E-state index contributed by atoms with van der Waals surface area (Å²) in [6.45, 7) is 18.4. The highest BCUT2D eigenvalue weighted by Crippen LogP contribution is 2.19. The van der Waals surface area contributed by atoms with Gasteiger partial charge in [-0.05, 0) is 0 Å². The average molecular weight is 377 g/mol. The van der Waals surface area contributed by atoms with E-state index in [4.69, 9.17) is 8.83 Å². The van der Waals surface area contributed by atoms with Gasteiger partial charge in [-0.25, -0.2) is 4.98 Å². The van der Waals surface area contributed by atoms with Gasteiger partial charge in [0.25, 0.3) is 0 Å². The summed E-state index contributed by atoms with van der Waals surface area (Å²) in [6.07, 6.45) is 5.96. The molecule has 0 atom stereocenters. The third-order valence-corrected chi connectivity index (χ3v) is 3.11. The predicted molar refractivity (Wildman–Crippen MR) is 101 cm³/mol. The van der Waals surface area contributed by atoms with E-state index >= 15 is 0 Å². The molecule has 27 heavy (non-hydrogen) atoms. The highest BCUT2D eigenvalue weighted by atomic mass is 16.5. The first-order chi connectivity index (χ1) is 12.3. The van der Waals surface area contributed by atoms with Crippen LogP contribution in [-0.2, 0) is 16.2 Å². The maximum absolute atomic E-state index is 5.09. The zero-order valence-corrected chi connectivity index (χ0v) is 17.8. The average Bonchev–Trinajstić information content (AvgIpc) is 3.28. The van der Waals surface area contributed by atoms with Crippen molar-refractivity contribution < 1.29 is 13.4 Å². The molecule has 0 aliphatic carbocycles. The fourth-order valence-electron chi connectivity index (χ4n) is 1.59. The van der Waals surface area contributed by atoms with Crippen LogP contribution in [0, 0.1) is 0 Å². The second-order valence-electron chi connectivity index (χ2n) is 9.09. The van der Waals surface area contributed by atoms with Crippen LogP contribution in [0.3, 0.4) is 0 Å². The van der Waals surface area contributed by atoms with Gasteiger partial charge in [-0.1, -0.05) is 67.5 Å². The van der Waals surface area contributed by atoms with Gasteiger partial charge in [-0.2, -0.15) is 4.98 Å². The maximum atomic E-state index is 5.09. The van der Waals surface area contributed by atoms with Crippen LogP contribution in [0.5, 0.6) is 0 Å². The molecule has 0 N–H and O–H groups in total. The molecule has 3 heterocycles. The Morgan fingerprint density at radius 3 is 1.56 bits per heavy atom. The maximum Gasteiger partial charge on any atom is 0.221 e. The van der Waals surface area contributed by atoms with E-state index in [1.54, 1.807) is 12.5 Å². The molecule has 0 amide bonds. The topological polar surface area (TPSA) is 104 Å². The van der Waals surface area contributed by atoms with Crippen molar-refractivity contribution >= 4 is 0 Å². The van der Waals surface area contributed by atoms with Crippen molar-refractivity contribution in [3.63, 3.8) is 0 Å². The van der Waals surface area contributed by atoms with E-state index in [0.717, 1.165) is 11.7 Å². The molecule has 0 saturated heterocycles. The van der Waals surface area contributed by atoms with Crippen molar-refractivity contribution in [2.45, 2.75) is 78.6 Å². The Labute approximate surface area is 160 Å². The summed E-state index contributed by atoms with van der Waals surface area (Å²) >= 11 is 0. The van der Waals surface area contributed by atoms with Crippen molar-refractivity contribution in [1.82, 2.24) is 25.3 Å². The SMILES string of the molecule is CC(C)(C)c1ncco1.CC(C)(C)c1ncon1.CC(C)(C)c1nnco1. The molecule has 0 unspecified atom stereocenters. The summed E-state index contributed by atoms with van der Waals surface area (Å²) in [5, 5.41) is 11.0. The van der Waals surface area contributed by atoms with E-state index in [1.165, 1.54) is 12.8 Å².